The third kappa shape index (κ3) is 6.23. The fourth-order valence-electron chi connectivity index (χ4n) is 5.06. The Morgan fingerprint density at radius 2 is 1.71 bits per heavy atom. The summed E-state index contributed by atoms with van der Waals surface area (Å²) < 4.78 is 7.50. The molecular formula is C28H35ClN6O3. The Kier molecular flexibility index (Phi) is 8.36. The summed E-state index contributed by atoms with van der Waals surface area (Å²) in [6, 6.07) is 13.6. The lowest BCUT2D eigenvalue weighted by Crippen LogP contribution is -2.51. The Labute approximate surface area is 228 Å². The van der Waals surface area contributed by atoms with Gasteiger partial charge in [0.1, 0.15) is 0 Å². The van der Waals surface area contributed by atoms with Crippen molar-refractivity contribution in [1.82, 2.24) is 19.7 Å². The number of morpholine rings is 1. The summed E-state index contributed by atoms with van der Waals surface area (Å²) in [5.74, 6) is 0.189. The quantitative estimate of drug-likeness (QED) is 0.480. The standard InChI is InChI=1S/C28H35ClN6O3/c1-2-33-19-25(31-28(37)30-18-21-3-5-22(29)6-4-21)24-17-23(7-8-26(24)33)34-11-9-32(10-12-34)20-27(36)35-13-15-38-16-14-35/h3-8,17,19H,2,9-16,18,20H2,1H3,(H2,30,31,37). The number of aromatic nitrogens is 1. The zero-order chi connectivity index (χ0) is 26.5. The lowest BCUT2D eigenvalue weighted by atomic mass is 10.1. The van der Waals surface area contributed by atoms with E-state index in [1.54, 1.807) is 0 Å². The molecule has 10 heteroatoms. The summed E-state index contributed by atoms with van der Waals surface area (Å²) in [6.45, 7) is 9.77. The zero-order valence-electron chi connectivity index (χ0n) is 21.8. The van der Waals surface area contributed by atoms with Gasteiger partial charge in [0, 0.05) is 74.7 Å². The maximum atomic E-state index is 12.7. The number of carbonyl (C=O) groups is 2. The number of amides is 3. The largest absolute Gasteiger partial charge is 0.378 e. The Bertz CT molecular complexity index is 1260. The predicted octanol–water partition coefficient (Wildman–Crippen LogP) is 3.62. The number of halogens is 1. The molecule has 5 rings (SSSR count). The van der Waals surface area contributed by atoms with Crippen LogP contribution < -0.4 is 15.5 Å². The van der Waals surface area contributed by atoms with Crippen molar-refractivity contribution in [3.05, 3.63) is 59.2 Å². The van der Waals surface area contributed by atoms with Gasteiger partial charge in [0.25, 0.3) is 0 Å². The predicted molar refractivity (Wildman–Crippen MR) is 151 cm³/mol. The van der Waals surface area contributed by atoms with Gasteiger partial charge < -0.3 is 29.7 Å². The summed E-state index contributed by atoms with van der Waals surface area (Å²) in [5.41, 5.74) is 3.97. The van der Waals surface area contributed by atoms with Crippen molar-refractivity contribution in [2.75, 3.05) is 69.2 Å². The fraction of sp³-hybridized carbons (Fsp3) is 0.429. The number of urea groups is 1. The monoisotopic (exact) mass is 538 g/mol. The molecule has 3 aromatic rings. The first kappa shape index (κ1) is 26.3. The number of anilines is 2. The normalized spacial score (nSPS) is 16.6. The molecule has 0 spiro atoms. The van der Waals surface area contributed by atoms with E-state index >= 15 is 0 Å². The molecule has 3 amide bonds. The van der Waals surface area contributed by atoms with Crippen LogP contribution in [-0.2, 0) is 22.6 Å². The van der Waals surface area contributed by atoms with Crippen LogP contribution in [0, 0.1) is 0 Å². The molecule has 0 atom stereocenters. The average molecular weight is 539 g/mol. The van der Waals surface area contributed by atoms with E-state index in [-0.39, 0.29) is 11.9 Å². The zero-order valence-corrected chi connectivity index (χ0v) is 22.5. The van der Waals surface area contributed by atoms with Crippen LogP contribution in [0.25, 0.3) is 10.9 Å². The Morgan fingerprint density at radius 1 is 0.974 bits per heavy atom. The fourth-order valence-corrected chi connectivity index (χ4v) is 5.19. The average Bonchev–Trinajstić information content (AvgIpc) is 3.30. The van der Waals surface area contributed by atoms with Crippen LogP contribution in [0.15, 0.2) is 48.7 Å². The molecule has 2 saturated heterocycles. The first-order valence-electron chi connectivity index (χ1n) is 13.2. The van der Waals surface area contributed by atoms with Gasteiger partial charge in [-0.3, -0.25) is 9.69 Å². The van der Waals surface area contributed by atoms with Gasteiger partial charge in [-0.2, -0.15) is 0 Å². The molecule has 1 aromatic heterocycles. The highest BCUT2D eigenvalue weighted by atomic mass is 35.5. The van der Waals surface area contributed by atoms with Crippen LogP contribution in [0.4, 0.5) is 16.2 Å². The van der Waals surface area contributed by atoms with Gasteiger partial charge in [0.05, 0.1) is 31.0 Å². The third-order valence-corrected chi connectivity index (χ3v) is 7.53. The Hall–Kier alpha value is -3.27. The molecular weight excluding hydrogens is 504 g/mol. The van der Waals surface area contributed by atoms with Crippen LogP contribution in [0.5, 0.6) is 0 Å². The maximum Gasteiger partial charge on any atom is 0.319 e. The molecule has 3 heterocycles. The van der Waals surface area contributed by atoms with Gasteiger partial charge in [0.2, 0.25) is 5.91 Å². The van der Waals surface area contributed by atoms with Crippen molar-refractivity contribution in [3.8, 4) is 0 Å². The van der Waals surface area contributed by atoms with Crippen LogP contribution in [0.1, 0.15) is 12.5 Å². The summed E-state index contributed by atoms with van der Waals surface area (Å²) >= 11 is 5.95. The molecule has 9 nitrogen and oxygen atoms in total. The van der Waals surface area contributed by atoms with Crippen LogP contribution in [0.3, 0.4) is 0 Å². The number of piperazine rings is 1. The molecule has 0 aliphatic carbocycles. The summed E-state index contributed by atoms with van der Waals surface area (Å²) in [4.78, 5) is 31.8. The van der Waals surface area contributed by atoms with E-state index < -0.39 is 0 Å². The maximum absolute atomic E-state index is 12.7. The van der Waals surface area contributed by atoms with E-state index in [1.807, 2.05) is 35.4 Å². The van der Waals surface area contributed by atoms with Crippen LogP contribution in [0.2, 0.25) is 5.02 Å². The highest BCUT2D eigenvalue weighted by Gasteiger charge is 2.23. The number of benzene rings is 2. The molecule has 0 unspecified atom stereocenters. The number of hydrogen-bond donors (Lipinski definition) is 2. The van der Waals surface area contributed by atoms with Crippen molar-refractivity contribution in [3.63, 3.8) is 0 Å². The van der Waals surface area contributed by atoms with Crippen molar-refractivity contribution in [2.24, 2.45) is 0 Å². The van der Waals surface area contributed by atoms with Gasteiger partial charge in [-0.05, 0) is 42.8 Å². The molecule has 2 N–H and O–H groups in total. The minimum absolute atomic E-state index is 0.189. The minimum Gasteiger partial charge on any atom is -0.378 e. The molecule has 2 fully saturated rings. The lowest BCUT2D eigenvalue weighted by molar-refractivity contribution is -0.136. The second kappa shape index (κ2) is 12.1. The van der Waals surface area contributed by atoms with Gasteiger partial charge in [-0.25, -0.2) is 4.79 Å². The van der Waals surface area contributed by atoms with Crippen molar-refractivity contribution >= 4 is 45.8 Å². The van der Waals surface area contributed by atoms with Gasteiger partial charge in [-0.15, -0.1) is 0 Å². The molecule has 2 aliphatic rings. The molecule has 38 heavy (non-hydrogen) atoms. The van der Waals surface area contributed by atoms with E-state index in [2.05, 4.69) is 50.1 Å². The molecule has 0 saturated carbocycles. The van der Waals surface area contributed by atoms with E-state index in [0.717, 1.165) is 60.6 Å². The number of fused-ring (bicyclic) bond motifs is 1. The number of rotatable bonds is 7. The number of nitrogens with zero attached hydrogens (tertiary/aromatic N) is 4. The molecule has 0 radical (unpaired) electrons. The topological polar surface area (TPSA) is 82.1 Å². The van der Waals surface area contributed by atoms with Crippen LogP contribution >= 0.6 is 11.6 Å². The summed E-state index contributed by atoms with van der Waals surface area (Å²) in [7, 11) is 0. The Balaban J connectivity index is 1.21. The van der Waals surface area contributed by atoms with Gasteiger partial charge in [-0.1, -0.05) is 23.7 Å². The van der Waals surface area contributed by atoms with Crippen molar-refractivity contribution < 1.29 is 14.3 Å². The summed E-state index contributed by atoms with van der Waals surface area (Å²) in [5, 5.41) is 7.64. The minimum atomic E-state index is -0.251. The number of nitrogens with one attached hydrogen (secondary N) is 2. The van der Waals surface area contributed by atoms with E-state index in [1.165, 1.54) is 0 Å². The highest BCUT2D eigenvalue weighted by Crippen LogP contribution is 2.31. The second-order valence-electron chi connectivity index (χ2n) is 9.72. The van der Waals surface area contributed by atoms with Gasteiger partial charge >= 0.3 is 6.03 Å². The van der Waals surface area contributed by atoms with E-state index in [0.29, 0.717) is 44.4 Å². The third-order valence-electron chi connectivity index (χ3n) is 7.28. The van der Waals surface area contributed by atoms with Gasteiger partial charge in [0.15, 0.2) is 0 Å². The molecule has 2 aliphatic heterocycles. The van der Waals surface area contributed by atoms with Crippen molar-refractivity contribution in [1.29, 1.82) is 0 Å². The van der Waals surface area contributed by atoms with Crippen molar-refractivity contribution in [2.45, 2.75) is 20.0 Å². The first-order chi connectivity index (χ1) is 18.5. The second-order valence-corrected chi connectivity index (χ2v) is 10.2. The number of carbonyl (C=O) groups excluding carboxylic acids is 2. The first-order valence-corrected chi connectivity index (χ1v) is 13.6. The number of hydrogen-bond acceptors (Lipinski definition) is 5. The van der Waals surface area contributed by atoms with E-state index in [4.69, 9.17) is 16.3 Å². The molecule has 2 aromatic carbocycles. The SMILES string of the molecule is CCn1cc(NC(=O)NCc2ccc(Cl)cc2)c2cc(N3CCN(CC(=O)N4CCOCC4)CC3)ccc21. The van der Waals surface area contributed by atoms with E-state index in [9.17, 15) is 9.59 Å². The van der Waals surface area contributed by atoms with Crippen LogP contribution in [-0.4, -0.2) is 85.3 Å². The molecule has 0 bridgehead atoms. The molecule has 202 valence electrons. The Morgan fingerprint density at radius 3 is 2.42 bits per heavy atom. The smallest absolute Gasteiger partial charge is 0.319 e. The summed E-state index contributed by atoms with van der Waals surface area (Å²) in [6.07, 6.45) is 1.99. The lowest BCUT2D eigenvalue weighted by Gasteiger charge is -2.37. The number of ether oxygens (including phenoxy) is 1. The highest BCUT2D eigenvalue weighted by molar-refractivity contribution is 6.30. The number of aryl methyl sites for hydroxylation is 1.